The summed E-state index contributed by atoms with van der Waals surface area (Å²) >= 11 is 0. The Bertz CT molecular complexity index is 1120. The van der Waals surface area contributed by atoms with Gasteiger partial charge < -0.3 is 15.4 Å². The lowest BCUT2D eigenvalue weighted by molar-refractivity contribution is -0.114. The molecule has 2 heterocycles. The third-order valence-electron chi connectivity index (χ3n) is 6.32. The molecule has 2 amide bonds. The predicted molar refractivity (Wildman–Crippen MR) is 125 cm³/mol. The van der Waals surface area contributed by atoms with Crippen molar-refractivity contribution in [2.75, 3.05) is 12.4 Å². The Labute approximate surface area is 194 Å². The summed E-state index contributed by atoms with van der Waals surface area (Å²) < 4.78 is 33.8. The van der Waals surface area contributed by atoms with Gasteiger partial charge in [0, 0.05) is 36.3 Å². The molecule has 0 spiro atoms. The predicted octanol–water partition coefficient (Wildman–Crippen LogP) is 3.16. The zero-order valence-corrected chi connectivity index (χ0v) is 19.6. The zero-order chi connectivity index (χ0) is 23.6. The molecule has 0 aromatic heterocycles. The lowest BCUT2D eigenvalue weighted by atomic mass is 9.84. The minimum atomic E-state index is -3.69. The van der Waals surface area contributed by atoms with Crippen LogP contribution in [0.15, 0.2) is 53.4 Å². The first-order valence-corrected chi connectivity index (χ1v) is 12.6. The number of sulfonamides is 1. The van der Waals surface area contributed by atoms with Crippen LogP contribution in [0, 0.1) is 0 Å². The Morgan fingerprint density at radius 1 is 1.03 bits per heavy atom. The van der Waals surface area contributed by atoms with Crippen molar-refractivity contribution in [1.82, 2.24) is 9.62 Å². The van der Waals surface area contributed by atoms with Gasteiger partial charge in [0.1, 0.15) is 5.75 Å². The van der Waals surface area contributed by atoms with Crippen LogP contribution >= 0.6 is 0 Å². The molecule has 9 heteroatoms. The van der Waals surface area contributed by atoms with Gasteiger partial charge in [-0.2, -0.15) is 4.31 Å². The fourth-order valence-corrected chi connectivity index (χ4v) is 6.81. The molecule has 0 unspecified atom stereocenters. The third-order valence-corrected chi connectivity index (χ3v) is 8.34. The highest BCUT2D eigenvalue weighted by Gasteiger charge is 2.45. The summed E-state index contributed by atoms with van der Waals surface area (Å²) in [5.74, 6) is 0.227. The standard InChI is InChI=1S/C24H29N3O5S/c1-16(28)25-18-9-11-23(12-10-18)33(30,31)27-20-6-4-7-21(27)15-19(14-20)26-24(29)17-5-3-8-22(13-17)32-2/h3,5,8-13,19-21H,4,6-7,14-15H2,1-2H3,(H,25,28)(H,26,29)/t20-,21-/m1/s1. The van der Waals surface area contributed by atoms with E-state index in [1.807, 2.05) is 0 Å². The number of piperidine rings is 2. The highest BCUT2D eigenvalue weighted by Crippen LogP contribution is 2.38. The van der Waals surface area contributed by atoms with Crippen molar-refractivity contribution in [3.63, 3.8) is 0 Å². The van der Waals surface area contributed by atoms with Gasteiger partial charge in [0.2, 0.25) is 15.9 Å². The second kappa shape index (κ2) is 9.52. The van der Waals surface area contributed by atoms with Crippen LogP contribution in [-0.4, -0.2) is 49.8 Å². The number of fused-ring (bicyclic) bond motifs is 2. The smallest absolute Gasteiger partial charge is 0.251 e. The van der Waals surface area contributed by atoms with E-state index in [9.17, 15) is 18.0 Å². The molecule has 2 bridgehead atoms. The molecule has 176 valence electrons. The molecule has 33 heavy (non-hydrogen) atoms. The lowest BCUT2D eigenvalue weighted by Crippen LogP contribution is -2.58. The minimum absolute atomic E-state index is 0.0902. The molecule has 2 saturated heterocycles. The number of methoxy groups -OCH3 is 1. The van der Waals surface area contributed by atoms with Gasteiger partial charge >= 0.3 is 0 Å². The zero-order valence-electron chi connectivity index (χ0n) is 18.8. The van der Waals surface area contributed by atoms with E-state index >= 15 is 0 Å². The van der Waals surface area contributed by atoms with Crippen molar-refractivity contribution in [2.45, 2.75) is 62.0 Å². The molecule has 2 aliphatic heterocycles. The number of rotatable bonds is 6. The number of nitrogens with zero attached hydrogens (tertiary/aromatic N) is 1. The van der Waals surface area contributed by atoms with E-state index in [1.54, 1.807) is 47.8 Å². The van der Waals surface area contributed by atoms with Gasteiger partial charge in [0.15, 0.2) is 0 Å². The van der Waals surface area contributed by atoms with Crippen molar-refractivity contribution in [2.24, 2.45) is 0 Å². The minimum Gasteiger partial charge on any atom is -0.497 e. The van der Waals surface area contributed by atoms with Crippen LogP contribution in [0.3, 0.4) is 0 Å². The Kier molecular flexibility index (Phi) is 6.71. The molecule has 0 radical (unpaired) electrons. The first-order chi connectivity index (χ1) is 15.8. The van der Waals surface area contributed by atoms with Gasteiger partial charge in [0.25, 0.3) is 5.91 Å². The topological polar surface area (TPSA) is 105 Å². The van der Waals surface area contributed by atoms with Crippen LogP contribution in [0.2, 0.25) is 0 Å². The molecular formula is C24H29N3O5S. The number of carbonyl (C=O) groups is 2. The highest BCUT2D eigenvalue weighted by atomic mass is 32.2. The van der Waals surface area contributed by atoms with Crippen LogP contribution in [0.5, 0.6) is 5.75 Å². The van der Waals surface area contributed by atoms with Crippen LogP contribution in [0.25, 0.3) is 0 Å². The maximum atomic E-state index is 13.5. The number of carbonyl (C=O) groups excluding carboxylic acids is 2. The van der Waals surface area contributed by atoms with Crippen molar-refractivity contribution in [3.05, 3.63) is 54.1 Å². The summed E-state index contributed by atoms with van der Waals surface area (Å²) in [4.78, 5) is 24.2. The van der Waals surface area contributed by atoms with Gasteiger partial charge in [-0.15, -0.1) is 0 Å². The van der Waals surface area contributed by atoms with E-state index in [4.69, 9.17) is 4.74 Å². The number of hydrogen-bond acceptors (Lipinski definition) is 5. The molecule has 2 N–H and O–H groups in total. The summed E-state index contributed by atoms with van der Waals surface area (Å²) in [7, 11) is -2.13. The largest absolute Gasteiger partial charge is 0.497 e. The number of anilines is 1. The summed E-state index contributed by atoms with van der Waals surface area (Å²) in [5.41, 5.74) is 1.08. The molecule has 4 rings (SSSR count). The maximum Gasteiger partial charge on any atom is 0.251 e. The van der Waals surface area contributed by atoms with Gasteiger partial charge in [0.05, 0.1) is 12.0 Å². The highest BCUT2D eigenvalue weighted by molar-refractivity contribution is 7.89. The summed E-state index contributed by atoms with van der Waals surface area (Å²) in [6.07, 6.45) is 3.67. The van der Waals surface area contributed by atoms with Crippen molar-refractivity contribution < 1.29 is 22.7 Å². The van der Waals surface area contributed by atoms with Crippen LogP contribution in [-0.2, 0) is 14.8 Å². The maximum absolute atomic E-state index is 13.5. The van der Waals surface area contributed by atoms with Gasteiger partial charge in [-0.3, -0.25) is 9.59 Å². The number of amides is 2. The molecule has 8 nitrogen and oxygen atoms in total. The normalized spacial score (nSPS) is 22.9. The van der Waals surface area contributed by atoms with Gasteiger partial charge in [-0.1, -0.05) is 12.5 Å². The summed E-state index contributed by atoms with van der Waals surface area (Å²) in [5, 5.41) is 5.75. The van der Waals surface area contributed by atoms with E-state index in [1.165, 1.54) is 19.1 Å². The SMILES string of the molecule is COc1cccc(C(=O)NC2C[C@H]3CCC[C@H](C2)N3S(=O)(=O)c2ccc(NC(C)=O)cc2)c1. The molecule has 0 saturated carbocycles. The van der Waals surface area contributed by atoms with Crippen LogP contribution < -0.4 is 15.4 Å². The molecule has 2 fully saturated rings. The number of hydrogen-bond donors (Lipinski definition) is 2. The molecule has 2 aromatic rings. The quantitative estimate of drug-likeness (QED) is 0.673. The molecule has 2 aromatic carbocycles. The average Bonchev–Trinajstić information content (AvgIpc) is 2.78. The van der Waals surface area contributed by atoms with Crippen LogP contribution in [0.1, 0.15) is 49.4 Å². The lowest BCUT2D eigenvalue weighted by Gasteiger charge is -2.47. The summed E-state index contributed by atoms with van der Waals surface area (Å²) in [6, 6.07) is 12.9. The van der Waals surface area contributed by atoms with Gasteiger partial charge in [-0.25, -0.2) is 8.42 Å². The number of ether oxygens (including phenoxy) is 1. The van der Waals surface area contributed by atoms with E-state index in [0.717, 1.165) is 19.3 Å². The van der Waals surface area contributed by atoms with Crippen molar-refractivity contribution >= 4 is 27.5 Å². The number of nitrogens with one attached hydrogen (secondary N) is 2. The Morgan fingerprint density at radius 2 is 1.70 bits per heavy atom. The van der Waals surface area contributed by atoms with Crippen molar-refractivity contribution in [1.29, 1.82) is 0 Å². The molecule has 2 atom stereocenters. The van der Waals surface area contributed by atoms with E-state index in [-0.39, 0.29) is 34.8 Å². The Hall–Kier alpha value is -2.91. The molecule has 2 aliphatic rings. The third kappa shape index (κ3) is 5.04. The monoisotopic (exact) mass is 471 g/mol. The van der Waals surface area contributed by atoms with E-state index in [0.29, 0.717) is 29.8 Å². The molecule has 0 aliphatic carbocycles. The number of benzene rings is 2. The first-order valence-electron chi connectivity index (χ1n) is 11.1. The average molecular weight is 472 g/mol. The Balaban J connectivity index is 1.49. The van der Waals surface area contributed by atoms with Crippen molar-refractivity contribution in [3.8, 4) is 5.75 Å². The fraction of sp³-hybridized carbons (Fsp3) is 0.417. The Morgan fingerprint density at radius 3 is 2.30 bits per heavy atom. The van der Waals surface area contributed by atoms with E-state index < -0.39 is 10.0 Å². The fourth-order valence-electron chi connectivity index (χ4n) is 4.92. The molecular weight excluding hydrogens is 442 g/mol. The second-order valence-electron chi connectivity index (χ2n) is 8.65. The first kappa shape index (κ1) is 23.3. The van der Waals surface area contributed by atoms with E-state index in [2.05, 4.69) is 10.6 Å². The second-order valence-corrected chi connectivity index (χ2v) is 10.5. The van der Waals surface area contributed by atoms with Gasteiger partial charge in [-0.05, 0) is 68.1 Å². The summed E-state index contributed by atoms with van der Waals surface area (Å²) in [6.45, 7) is 1.41. The van der Waals surface area contributed by atoms with Crippen LogP contribution in [0.4, 0.5) is 5.69 Å².